The Balaban J connectivity index is 3.14. The van der Waals surface area contributed by atoms with E-state index in [-0.39, 0.29) is 12.1 Å². The standard InChI is InChI=1S/C18H31NO2S/c1-7-15(5)19(16(6)8-2)22(20,21)18-11-9-17(10-12-18)13-14(3)4/h9-12,14-16H,7-8,13H2,1-6H3. The van der Waals surface area contributed by atoms with Crippen molar-refractivity contribution in [2.24, 2.45) is 5.92 Å². The first-order valence-corrected chi connectivity index (χ1v) is 9.80. The van der Waals surface area contributed by atoms with Gasteiger partial charge in [0.15, 0.2) is 0 Å². The van der Waals surface area contributed by atoms with E-state index in [0.29, 0.717) is 10.8 Å². The molecular formula is C18H31NO2S. The van der Waals surface area contributed by atoms with Gasteiger partial charge in [-0.05, 0) is 56.7 Å². The van der Waals surface area contributed by atoms with Crippen molar-refractivity contribution in [3.8, 4) is 0 Å². The van der Waals surface area contributed by atoms with Crippen molar-refractivity contribution in [2.75, 3.05) is 0 Å². The summed E-state index contributed by atoms with van der Waals surface area (Å²) >= 11 is 0. The summed E-state index contributed by atoms with van der Waals surface area (Å²) in [4.78, 5) is 0.403. The van der Waals surface area contributed by atoms with E-state index in [2.05, 4.69) is 13.8 Å². The molecule has 0 amide bonds. The molecule has 1 aromatic carbocycles. The van der Waals surface area contributed by atoms with Gasteiger partial charge in [0.05, 0.1) is 4.90 Å². The molecule has 1 aromatic rings. The molecule has 0 N–H and O–H groups in total. The minimum Gasteiger partial charge on any atom is -0.207 e. The SMILES string of the molecule is CCC(C)N(C(C)CC)S(=O)(=O)c1ccc(CC(C)C)cc1. The average molecular weight is 326 g/mol. The fraction of sp³-hybridized carbons (Fsp3) is 0.667. The zero-order valence-electron chi connectivity index (χ0n) is 14.8. The first-order chi connectivity index (χ1) is 10.2. The zero-order valence-corrected chi connectivity index (χ0v) is 15.7. The van der Waals surface area contributed by atoms with Crippen LogP contribution in [0.2, 0.25) is 0 Å². The maximum absolute atomic E-state index is 13.0. The van der Waals surface area contributed by atoms with Crippen LogP contribution in [0.4, 0.5) is 0 Å². The van der Waals surface area contributed by atoms with Crippen molar-refractivity contribution in [1.29, 1.82) is 0 Å². The lowest BCUT2D eigenvalue weighted by Gasteiger charge is -2.32. The van der Waals surface area contributed by atoms with Crippen LogP contribution in [0, 0.1) is 5.92 Å². The third kappa shape index (κ3) is 4.56. The lowest BCUT2D eigenvalue weighted by molar-refractivity contribution is 0.262. The largest absolute Gasteiger partial charge is 0.243 e. The van der Waals surface area contributed by atoms with Gasteiger partial charge >= 0.3 is 0 Å². The normalized spacial score (nSPS) is 15.3. The smallest absolute Gasteiger partial charge is 0.207 e. The van der Waals surface area contributed by atoms with E-state index in [1.807, 2.05) is 39.8 Å². The van der Waals surface area contributed by atoms with E-state index in [9.17, 15) is 8.42 Å². The van der Waals surface area contributed by atoms with E-state index in [1.54, 1.807) is 16.4 Å². The molecule has 126 valence electrons. The molecular weight excluding hydrogens is 294 g/mol. The Labute approximate surface area is 136 Å². The molecule has 0 aliphatic heterocycles. The molecule has 2 atom stereocenters. The van der Waals surface area contributed by atoms with Crippen LogP contribution in [-0.4, -0.2) is 24.8 Å². The molecule has 22 heavy (non-hydrogen) atoms. The van der Waals surface area contributed by atoms with Crippen molar-refractivity contribution < 1.29 is 8.42 Å². The third-order valence-corrected chi connectivity index (χ3v) is 6.34. The number of nitrogens with zero attached hydrogens (tertiary/aromatic N) is 1. The topological polar surface area (TPSA) is 37.4 Å². The maximum Gasteiger partial charge on any atom is 0.243 e. The summed E-state index contributed by atoms with van der Waals surface area (Å²) < 4.78 is 27.7. The number of benzene rings is 1. The number of sulfonamides is 1. The van der Waals surface area contributed by atoms with Crippen molar-refractivity contribution >= 4 is 10.0 Å². The Bertz CT molecular complexity index is 539. The molecule has 0 saturated heterocycles. The highest BCUT2D eigenvalue weighted by atomic mass is 32.2. The predicted molar refractivity (Wildman–Crippen MR) is 93.5 cm³/mol. The Kier molecular flexibility index (Phi) is 7.07. The van der Waals surface area contributed by atoms with Crippen molar-refractivity contribution in [1.82, 2.24) is 4.31 Å². The first kappa shape index (κ1) is 19.2. The highest BCUT2D eigenvalue weighted by molar-refractivity contribution is 7.89. The molecule has 0 fully saturated rings. The molecule has 0 aliphatic carbocycles. The van der Waals surface area contributed by atoms with Crippen LogP contribution < -0.4 is 0 Å². The number of rotatable bonds is 8. The lowest BCUT2D eigenvalue weighted by atomic mass is 10.0. The quantitative estimate of drug-likeness (QED) is 0.707. The van der Waals surface area contributed by atoms with Gasteiger partial charge in [0.25, 0.3) is 0 Å². The van der Waals surface area contributed by atoms with Crippen molar-refractivity contribution in [3.05, 3.63) is 29.8 Å². The molecule has 0 aliphatic rings. The summed E-state index contributed by atoms with van der Waals surface area (Å²) in [5.74, 6) is 0.569. The molecule has 2 unspecified atom stereocenters. The van der Waals surface area contributed by atoms with E-state index in [1.165, 1.54) is 5.56 Å². The van der Waals surface area contributed by atoms with Crippen LogP contribution in [0.1, 0.15) is 59.9 Å². The maximum atomic E-state index is 13.0. The second-order valence-corrected chi connectivity index (χ2v) is 8.43. The molecule has 0 bridgehead atoms. The summed E-state index contributed by atoms with van der Waals surface area (Å²) in [5, 5.41) is 0. The summed E-state index contributed by atoms with van der Waals surface area (Å²) in [6, 6.07) is 7.41. The van der Waals surface area contributed by atoms with Gasteiger partial charge in [-0.15, -0.1) is 0 Å². The minimum atomic E-state index is -3.44. The molecule has 0 aromatic heterocycles. The van der Waals surface area contributed by atoms with Gasteiger partial charge in [0.2, 0.25) is 10.0 Å². The Morgan fingerprint density at radius 2 is 1.36 bits per heavy atom. The average Bonchev–Trinajstić information content (AvgIpc) is 2.46. The third-order valence-electron chi connectivity index (χ3n) is 4.19. The van der Waals surface area contributed by atoms with Crippen LogP contribution in [0.25, 0.3) is 0 Å². The molecule has 3 nitrogen and oxygen atoms in total. The summed E-state index contributed by atoms with van der Waals surface area (Å²) in [7, 11) is -3.44. The van der Waals surface area contributed by atoms with Crippen molar-refractivity contribution in [2.45, 2.75) is 77.8 Å². The number of hydrogen-bond acceptors (Lipinski definition) is 2. The van der Waals surface area contributed by atoms with Gasteiger partial charge in [-0.25, -0.2) is 8.42 Å². The highest BCUT2D eigenvalue weighted by Crippen LogP contribution is 2.24. The minimum absolute atomic E-state index is 0.00953. The highest BCUT2D eigenvalue weighted by Gasteiger charge is 2.31. The second kappa shape index (κ2) is 8.11. The van der Waals surface area contributed by atoms with Gasteiger partial charge in [-0.2, -0.15) is 4.31 Å². The fourth-order valence-electron chi connectivity index (χ4n) is 2.66. The van der Waals surface area contributed by atoms with Crippen LogP contribution in [-0.2, 0) is 16.4 Å². The fourth-order valence-corrected chi connectivity index (χ4v) is 4.63. The molecule has 0 heterocycles. The Morgan fingerprint density at radius 1 is 0.909 bits per heavy atom. The van der Waals surface area contributed by atoms with E-state index < -0.39 is 10.0 Å². The van der Waals surface area contributed by atoms with E-state index in [4.69, 9.17) is 0 Å². The van der Waals surface area contributed by atoms with Crippen LogP contribution in [0.3, 0.4) is 0 Å². The van der Waals surface area contributed by atoms with E-state index in [0.717, 1.165) is 19.3 Å². The Morgan fingerprint density at radius 3 is 1.73 bits per heavy atom. The van der Waals surface area contributed by atoms with E-state index >= 15 is 0 Å². The molecule has 0 saturated carbocycles. The molecule has 0 spiro atoms. The van der Waals surface area contributed by atoms with Gasteiger partial charge < -0.3 is 0 Å². The zero-order chi connectivity index (χ0) is 16.9. The van der Waals surface area contributed by atoms with Crippen LogP contribution >= 0.6 is 0 Å². The molecule has 4 heteroatoms. The summed E-state index contributed by atoms with van der Waals surface area (Å²) in [6.45, 7) is 12.4. The van der Waals surface area contributed by atoms with Crippen molar-refractivity contribution in [3.63, 3.8) is 0 Å². The molecule has 1 rings (SSSR count). The van der Waals surface area contributed by atoms with Crippen LogP contribution in [0.5, 0.6) is 0 Å². The van der Waals surface area contributed by atoms with Crippen LogP contribution in [0.15, 0.2) is 29.2 Å². The molecule has 0 radical (unpaired) electrons. The Hall–Kier alpha value is -0.870. The van der Waals surface area contributed by atoms with Gasteiger partial charge in [0, 0.05) is 12.1 Å². The first-order valence-electron chi connectivity index (χ1n) is 8.36. The second-order valence-electron chi connectivity index (χ2n) is 6.59. The predicted octanol–water partition coefficient (Wildman–Crippen LogP) is 4.47. The monoisotopic (exact) mass is 325 g/mol. The van der Waals surface area contributed by atoms with Gasteiger partial charge in [-0.3, -0.25) is 0 Å². The van der Waals surface area contributed by atoms with Gasteiger partial charge in [-0.1, -0.05) is 39.8 Å². The lowest BCUT2D eigenvalue weighted by Crippen LogP contribution is -2.44. The summed E-state index contributed by atoms with van der Waals surface area (Å²) in [6.07, 6.45) is 2.60. The van der Waals surface area contributed by atoms with Gasteiger partial charge in [0.1, 0.15) is 0 Å². The summed E-state index contributed by atoms with van der Waals surface area (Å²) in [5.41, 5.74) is 1.19. The number of hydrogen-bond donors (Lipinski definition) is 0.